The van der Waals surface area contributed by atoms with Gasteiger partial charge < -0.3 is 10.5 Å². The molecule has 1 heterocycles. The molecule has 0 aliphatic carbocycles. The van der Waals surface area contributed by atoms with Crippen LogP contribution in [0.1, 0.15) is 41.0 Å². The average Bonchev–Trinajstić information content (AvgIpc) is 2.80. The fourth-order valence-electron chi connectivity index (χ4n) is 1.99. The van der Waals surface area contributed by atoms with E-state index in [-0.39, 0.29) is 6.04 Å². The van der Waals surface area contributed by atoms with Gasteiger partial charge in [-0.3, -0.25) is 0 Å². The van der Waals surface area contributed by atoms with Crippen molar-refractivity contribution in [2.45, 2.75) is 33.2 Å². The molecule has 3 nitrogen and oxygen atoms in total. The molecule has 0 amide bonds. The third-order valence-electron chi connectivity index (χ3n) is 3.06. The first kappa shape index (κ1) is 14.0. The first-order valence-electron chi connectivity index (χ1n) is 6.60. The van der Waals surface area contributed by atoms with E-state index < -0.39 is 0 Å². The van der Waals surface area contributed by atoms with Crippen LogP contribution in [-0.2, 0) is 6.42 Å². The van der Waals surface area contributed by atoms with E-state index in [1.54, 1.807) is 11.3 Å². The third-order valence-corrected chi connectivity index (χ3v) is 4.16. The molecule has 0 saturated heterocycles. The molecule has 0 radical (unpaired) electrons. The van der Waals surface area contributed by atoms with Crippen molar-refractivity contribution in [3.8, 4) is 5.75 Å². The molecule has 2 rings (SSSR count). The molecule has 19 heavy (non-hydrogen) atoms. The Labute approximate surface area is 118 Å². The van der Waals surface area contributed by atoms with Crippen LogP contribution in [-0.4, -0.2) is 11.6 Å². The summed E-state index contributed by atoms with van der Waals surface area (Å²) in [4.78, 5) is 5.89. The van der Waals surface area contributed by atoms with Crippen molar-refractivity contribution < 1.29 is 4.74 Å². The van der Waals surface area contributed by atoms with Gasteiger partial charge in [0.05, 0.1) is 18.3 Å². The zero-order valence-corrected chi connectivity index (χ0v) is 12.5. The summed E-state index contributed by atoms with van der Waals surface area (Å²) in [7, 11) is 0. The van der Waals surface area contributed by atoms with Crippen LogP contribution in [0.4, 0.5) is 0 Å². The lowest BCUT2D eigenvalue weighted by Gasteiger charge is -2.10. The predicted molar refractivity (Wildman–Crippen MR) is 79.9 cm³/mol. The Balaban J connectivity index is 2.20. The van der Waals surface area contributed by atoms with E-state index in [1.807, 2.05) is 31.2 Å². The van der Waals surface area contributed by atoms with Crippen LogP contribution in [0.5, 0.6) is 5.75 Å². The summed E-state index contributed by atoms with van der Waals surface area (Å²) < 4.78 is 5.43. The van der Waals surface area contributed by atoms with Gasteiger partial charge in [-0.2, -0.15) is 0 Å². The first-order chi connectivity index (χ1) is 9.15. The number of ether oxygens (including phenoxy) is 1. The number of hydrogen-bond donors (Lipinski definition) is 1. The Kier molecular flexibility index (Phi) is 4.56. The normalized spacial score (nSPS) is 12.4. The smallest absolute Gasteiger partial charge is 0.119 e. The van der Waals surface area contributed by atoms with Crippen molar-refractivity contribution >= 4 is 11.3 Å². The van der Waals surface area contributed by atoms with Crippen LogP contribution in [0.15, 0.2) is 24.3 Å². The molecule has 1 atom stereocenters. The lowest BCUT2D eigenvalue weighted by atomic mass is 10.1. The number of thiazole rings is 1. The van der Waals surface area contributed by atoms with Gasteiger partial charge in [0, 0.05) is 4.88 Å². The molecule has 1 aromatic carbocycles. The summed E-state index contributed by atoms with van der Waals surface area (Å²) in [6.45, 7) is 6.88. The zero-order chi connectivity index (χ0) is 13.8. The van der Waals surface area contributed by atoms with Crippen molar-refractivity contribution in [3.63, 3.8) is 0 Å². The summed E-state index contributed by atoms with van der Waals surface area (Å²) in [5.74, 6) is 0.878. The monoisotopic (exact) mass is 276 g/mol. The minimum Gasteiger partial charge on any atom is -0.494 e. The summed E-state index contributed by atoms with van der Waals surface area (Å²) in [5.41, 5.74) is 8.51. The molecule has 0 aliphatic heterocycles. The number of rotatable bonds is 5. The molecular weight excluding hydrogens is 256 g/mol. The van der Waals surface area contributed by atoms with Crippen molar-refractivity contribution in [1.82, 2.24) is 4.98 Å². The molecule has 0 saturated carbocycles. The number of hydrogen-bond acceptors (Lipinski definition) is 4. The summed E-state index contributed by atoms with van der Waals surface area (Å²) >= 11 is 1.69. The van der Waals surface area contributed by atoms with Gasteiger partial charge in [-0.1, -0.05) is 19.1 Å². The standard InChI is InChI=1S/C15H20N2OS/c1-4-13-10(3)19-15(17-13)14(16)11-6-8-12(9-7-11)18-5-2/h6-9,14H,4-5,16H2,1-3H3. The second kappa shape index (κ2) is 6.17. The average molecular weight is 276 g/mol. The van der Waals surface area contributed by atoms with Crippen LogP contribution in [0, 0.1) is 6.92 Å². The van der Waals surface area contributed by atoms with E-state index >= 15 is 0 Å². The molecule has 2 N–H and O–H groups in total. The molecule has 1 unspecified atom stereocenters. The van der Waals surface area contributed by atoms with Gasteiger partial charge in [0.2, 0.25) is 0 Å². The van der Waals surface area contributed by atoms with Gasteiger partial charge in [0.1, 0.15) is 10.8 Å². The van der Waals surface area contributed by atoms with Crippen molar-refractivity contribution in [1.29, 1.82) is 0 Å². The molecule has 0 aliphatic rings. The minimum absolute atomic E-state index is 0.153. The molecular formula is C15H20N2OS. The Hall–Kier alpha value is -1.39. The lowest BCUT2D eigenvalue weighted by Crippen LogP contribution is -2.11. The molecule has 102 valence electrons. The fraction of sp³-hybridized carbons (Fsp3) is 0.400. The van der Waals surface area contributed by atoms with Crippen LogP contribution >= 0.6 is 11.3 Å². The number of nitrogens with two attached hydrogens (primary N) is 1. The maximum Gasteiger partial charge on any atom is 0.119 e. The Bertz CT molecular complexity index is 534. The van der Waals surface area contributed by atoms with Gasteiger partial charge in [-0.25, -0.2) is 4.98 Å². The molecule has 2 aromatic rings. The van der Waals surface area contributed by atoms with E-state index in [4.69, 9.17) is 10.5 Å². The number of aromatic nitrogens is 1. The van der Waals surface area contributed by atoms with Gasteiger partial charge in [0.15, 0.2) is 0 Å². The van der Waals surface area contributed by atoms with E-state index in [0.717, 1.165) is 28.4 Å². The summed E-state index contributed by atoms with van der Waals surface area (Å²) in [6.07, 6.45) is 0.957. The quantitative estimate of drug-likeness (QED) is 0.909. The maximum absolute atomic E-state index is 6.28. The van der Waals surface area contributed by atoms with Gasteiger partial charge in [-0.05, 0) is 38.0 Å². The number of aryl methyl sites for hydroxylation is 2. The largest absolute Gasteiger partial charge is 0.494 e. The minimum atomic E-state index is -0.153. The highest BCUT2D eigenvalue weighted by atomic mass is 32.1. The van der Waals surface area contributed by atoms with Gasteiger partial charge in [0.25, 0.3) is 0 Å². The molecule has 0 spiro atoms. The van der Waals surface area contributed by atoms with Crippen LogP contribution in [0.3, 0.4) is 0 Å². The zero-order valence-electron chi connectivity index (χ0n) is 11.6. The van der Waals surface area contributed by atoms with E-state index in [0.29, 0.717) is 6.61 Å². The van der Waals surface area contributed by atoms with E-state index in [9.17, 15) is 0 Å². The maximum atomic E-state index is 6.28. The summed E-state index contributed by atoms with van der Waals surface area (Å²) in [6, 6.07) is 7.79. The van der Waals surface area contributed by atoms with Crippen molar-refractivity contribution in [3.05, 3.63) is 45.4 Å². The fourth-order valence-corrected chi connectivity index (χ4v) is 3.03. The number of benzene rings is 1. The van der Waals surface area contributed by atoms with E-state index in [1.165, 1.54) is 4.88 Å². The van der Waals surface area contributed by atoms with Crippen LogP contribution in [0.2, 0.25) is 0 Å². The lowest BCUT2D eigenvalue weighted by molar-refractivity contribution is 0.340. The predicted octanol–water partition coefficient (Wildman–Crippen LogP) is 3.46. The first-order valence-corrected chi connectivity index (χ1v) is 7.41. The van der Waals surface area contributed by atoms with Crippen molar-refractivity contribution in [2.75, 3.05) is 6.61 Å². The van der Waals surface area contributed by atoms with Crippen LogP contribution in [0.25, 0.3) is 0 Å². The Morgan fingerprint density at radius 1 is 1.26 bits per heavy atom. The van der Waals surface area contributed by atoms with Gasteiger partial charge in [-0.15, -0.1) is 11.3 Å². The van der Waals surface area contributed by atoms with Gasteiger partial charge >= 0.3 is 0 Å². The second-order valence-corrected chi connectivity index (χ2v) is 5.62. The highest BCUT2D eigenvalue weighted by molar-refractivity contribution is 7.11. The molecule has 4 heteroatoms. The summed E-state index contributed by atoms with van der Waals surface area (Å²) in [5, 5.41) is 0.985. The SMILES string of the molecule is CCOc1ccc(C(N)c2nc(CC)c(C)s2)cc1. The van der Waals surface area contributed by atoms with Crippen molar-refractivity contribution in [2.24, 2.45) is 5.73 Å². The molecule has 0 bridgehead atoms. The Morgan fingerprint density at radius 2 is 1.95 bits per heavy atom. The highest BCUT2D eigenvalue weighted by Crippen LogP contribution is 2.27. The number of nitrogens with zero attached hydrogens (tertiary/aromatic N) is 1. The topological polar surface area (TPSA) is 48.1 Å². The second-order valence-electron chi connectivity index (χ2n) is 4.39. The Morgan fingerprint density at radius 3 is 2.47 bits per heavy atom. The van der Waals surface area contributed by atoms with E-state index in [2.05, 4.69) is 18.8 Å². The molecule has 0 fully saturated rings. The third kappa shape index (κ3) is 3.14. The van der Waals surface area contributed by atoms with Crippen LogP contribution < -0.4 is 10.5 Å². The highest BCUT2D eigenvalue weighted by Gasteiger charge is 2.15. The molecule has 1 aromatic heterocycles.